The molecule has 0 saturated carbocycles. The number of fused-ring (bicyclic) bond motifs is 4. The largest absolute Gasteiger partial charge is 0.361 e. The lowest BCUT2D eigenvalue weighted by molar-refractivity contribution is -0.975. The molecule has 4 atom stereocenters. The molecule has 2 bridgehead atoms. The van der Waals surface area contributed by atoms with Crippen LogP contribution in [0.1, 0.15) is 24.0 Å². The van der Waals surface area contributed by atoms with Crippen LogP contribution in [-0.4, -0.2) is 23.6 Å². The number of hydrogen-bond acceptors (Lipinski definition) is 1. The maximum Gasteiger partial charge on any atom is 0.109 e. The molecule has 4 unspecified atom stereocenters. The highest BCUT2D eigenvalue weighted by atomic mass is 15.4. The van der Waals surface area contributed by atoms with E-state index in [-0.39, 0.29) is 0 Å². The third kappa shape index (κ3) is 3.02. The summed E-state index contributed by atoms with van der Waals surface area (Å²) in [5, 5.41) is 3.39. The van der Waals surface area contributed by atoms with Gasteiger partial charge < -0.3 is 9.80 Å². The summed E-state index contributed by atoms with van der Waals surface area (Å²) in [4.78, 5) is 0. The van der Waals surface area contributed by atoms with Crippen molar-refractivity contribution in [3.63, 3.8) is 0 Å². The van der Waals surface area contributed by atoms with Gasteiger partial charge in [0.25, 0.3) is 0 Å². The SMILES string of the molecule is C=CC1C[N+]2(Cc3ccccc3)CCC1CC2/C=C1\C=CNc2ccccc21. The van der Waals surface area contributed by atoms with Gasteiger partial charge in [-0.05, 0) is 29.7 Å². The third-order valence-corrected chi connectivity index (χ3v) is 7.13. The second kappa shape index (κ2) is 7.10. The fourth-order valence-electron chi connectivity index (χ4n) is 5.65. The van der Waals surface area contributed by atoms with E-state index in [1.807, 2.05) is 0 Å². The van der Waals surface area contributed by atoms with E-state index < -0.39 is 0 Å². The van der Waals surface area contributed by atoms with E-state index in [1.165, 1.54) is 52.8 Å². The molecule has 0 radical (unpaired) electrons. The zero-order valence-electron chi connectivity index (χ0n) is 16.4. The average molecular weight is 370 g/mol. The Morgan fingerprint density at radius 3 is 2.75 bits per heavy atom. The van der Waals surface area contributed by atoms with Gasteiger partial charge in [-0.3, -0.25) is 0 Å². The second-order valence-electron chi connectivity index (χ2n) is 8.67. The molecule has 3 fully saturated rings. The van der Waals surface area contributed by atoms with Crippen LogP contribution in [-0.2, 0) is 6.54 Å². The summed E-state index contributed by atoms with van der Waals surface area (Å²) < 4.78 is 1.17. The van der Waals surface area contributed by atoms with Gasteiger partial charge in [0, 0.05) is 41.8 Å². The summed E-state index contributed by atoms with van der Waals surface area (Å²) in [6.45, 7) is 7.79. The molecule has 0 amide bonds. The monoisotopic (exact) mass is 369 g/mol. The molecule has 1 N–H and O–H groups in total. The summed E-state index contributed by atoms with van der Waals surface area (Å²) in [6, 6.07) is 20.3. The predicted molar refractivity (Wildman–Crippen MR) is 118 cm³/mol. The Hall–Kier alpha value is -2.58. The topological polar surface area (TPSA) is 12.0 Å². The lowest BCUT2D eigenvalue weighted by Gasteiger charge is -2.56. The molecule has 2 nitrogen and oxygen atoms in total. The normalized spacial score (nSPS) is 32.0. The number of hydrogen-bond donors (Lipinski definition) is 1. The fraction of sp³-hybridized carbons (Fsp3) is 0.308. The molecular formula is C26H29N2+. The number of nitrogens with zero attached hydrogens (tertiary/aromatic N) is 1. The van der Waals surface area contributed by atoms with Crippen LogP contribution >= 0.6 is 0 Å². The molecule has 142 valence electrons. The van der Waals surface area contributed by atoms with Gasteiger partial charge >= 0.3 is 0 Å². The summed E-state index contributed by atoms with van der Waals surface area (Å²) in [6.07, 6.45) is 11.7. The van der Waals surface area contributed by atoms with Crippen LogP contribution < -0.4 is 5.32 Å². The van der Waals surface area contributed by atoms with Crippen molar-refractivity contribution in [2.75, 3.05) is 18.4 Å². The van der Waals surface area contributed by atoms with Gasteiger partial charge in [0.15, 0.2) is 0 Å². The molecule has 4 aliphatic rings. The lowest BCUT2D eigenvalue weighted by atomic mass is 9.72. The smallest absolute Gasteiger partial charge is 0.109 e. The minimum atomic E-state index is 0.570. The number of benzene rings is 2. The van der Waals surface area contributed by atoms with E-state index in [9.17, 15) is 0 Å². The molecule has 2 aromatic carbocycles. The first kappa shape index (κ1) is 17.5. The number of nitrogens with one attached hydrogen (secondary N) is 1. The Bertz CT molecular complexity index is 926. The zero-order chi connectivity index (χ0) is 19.0. The standard InChI is InChI=1S/C26H29N2/c1-2-21-19-28(18-20-8-4-3-5-9-20)15-13-22(21)16-24(28)17-23-12-14-27-26-11-7-6-10-25(23)26/h2-12,14,17,21-22,24,27H,1,13,15-16,18-19H2/q+1/b23-17+. The van der Waals surface area contributed by atoms with Crippen molar-refractivity contribution in [2.24, 2.45) is 11.8 Å². The second-order valence-corrected chi connectivity index (χ2v) is 8.67. The van der Waals surface area contributed by atoms with E-state index in [0.717, 1.165) is 12.5 Å². The molecule has 28 heavy (non-hydrogen) atoms. The third-order valence-electron chi connectivity index (χ3n) is 7.13. The van der Waals surface area contributed by atoms with Crippen LogP contribution in [0.4, 0.5) is 5.69 Å². The van der Waals surface area contributed by atoms with Crippen molar-refractivity contribution in [3.05, 3.63) is 96.7 Å². The van der Waals surface area contributed by atoms with E-state index in [1.54, 1.807) is 0 Å². The highest BCUT2D eigenvalue weighted by Crippen LogP contribution is 2.45. The number of quaternary nitrogens is 1. The van der Waals surface area contributed by atoms with Gasteiger partial charge in [0.2, 0.25) is 0 Å². The minimum Gasteiger partial charge on any atom is -0.361 e. The van der Waals surface area contributed by atoms with Crippen LogP contribution in [0, 0.1) is 11.8 Å². The first-order chi connectivity index (χ1) is 13.8. The van der Waals surface area contributed by atoms with Crippen molar-refractivity contribution in [1.82, 2.24) is 0 Å². The molecule has 4 aliphatic heterocycles. The minimum absolute atomic E-state index is 0.570. The summed E-state index contributed by atoms with van der Waals surface area (Å²) in [5.41, 5.74) is 5.36. The van der Waals surface area contributed by atoms with Crippen molar-refractivity contribution >= 4 is 11.3 Å². The Morgan fingerprint density at radius 2 is 1.89 bits per heavy atom. The molecule has 0 aliphatic carbocycles. The number of rotatable bonds is 4. The van der Waals surface area contributed by atoms with Gasteiger partial charge in [-0.2, -0.15) is 0 Å². The van der Waals surface area contributed by atoms with Gasteiger partial charge in [0.05, 0.1) is 13.1 Å². The van der Waals surface area contributed by atoms with Gasteiger partial charge in [-0.15, -0.1) is 6.58 Å². The average Bonchev–Trinajstić information content (AvgIpc) is 2.75. The molecule has 2 heteroatoms. The van der Waals surface area contributed by atoms with E-state index >= 15 is 0 Å². The van der Waals surface area contributed by atoms with Crippen LogP contribution in [0.5, 0.6) is 0 Å². The highest BCUT2D eigenvalue weighted by Gasteiger charge is 2.50. The Morgan fingerprint density at radius 1 is 1.07 bits per heavy atom. The Kier molecular flexibility index (Phi) is 4.44. The first-order valence-electron chi connectivity index (χ1n) is 10.5. The van der Waals surface area contributed by atoms with Gasteiger partial charge in [0.1, 0.15) is 12.6 Å². The molecule has 0 spiro atoms. The van der Waals surface area contributed by atoms with Crippen molar-refractivity contribution in [3.8, 4) is 0 Å². The van der Waals surface area contributed by atoms with E-state index in [0.29, 0.717) is 12.0 Å². The first-order valence-corrected chi connectivity index (χ1v) is 10.5. The number of piperidine rings is 3. The molecular weight excluding hydrogens is 340 g/mol. The van der Waals surface area contributed by atoms with Gasteiger partial charge in [-0.25, -0.2) is 0 Å². The highest BCUT2D eigenvalue weighted by molar-refractivity contribution is 5.85. The molecule has 0 aromatic heterocycles. The summed E-state index contributed by atoms with van der Waals surface area (Å²) in [5.74, 6) is 1.44. The lowest BCUT2D eigenvalue weighted by Crippen LogP contribution is -2.65. The van der Waals surface area contributed by atoms with Crippen molar-refractivity contribution in [2.45, 2.75) is 25.4 Å². The van der Waals surface area contributed by atoms with Crippen LogP contribution in [0.2, 0.25) is 0 Å². The summed E-state index contributed by atoms with van der Waals surface area (Å²) in [7, 11) is 0. The number of para-hydroxylation sites is 1. The Balaban J connectivity index is 1.53. The van der Waals surface area contributed by atoms with Gasteiger partial charge in [-0.1, -0.05) is 54.6 Å². The van der Waals surface area contributed by atoms with Crippen molar-refractivity contribution in [1.29, 1.82) is 0 Å². The fourth-order valence-corrected chi connectivity index (χ4v) is 5.65. The maximum atomic E-state index is 4.17. The molecule has 3 saturated heterocycles. The molecule has 2 aromatic rings. The van der Waals surface area contributed by atoms with Crippen LogP contribution in [0.3, 0.4) is 0 Å². The van der Waals surface area contributed by atoms with Crippen molar-refractivity contribution < 1.29 is 4.48 Å². The summed E-state index contributed by atoms with van der Waals surface area (Å²) >= 11 is 0. The van der Waals surface area contributed by atoms with E-state index in [2.05, 4.69) is 90.9 Å². The zero-order valence-corrected chi connectivity index (χ0v) is 16.4. The number of anilines is 1. The van der Waals surface area contributed by atoms with E-state index in [4.69, 9.17) is 0 Å². The predicted octanol–water partition coefficient (Wildman–Crippen LogP) is 5.62. The van der Waals surface area contributed by atoms with Crippen LogP contribution in [0.15, 0.2) is 85.6 Å². The molecule has 6 rings (SSSR count). The maximum absolute atomic E-state index is 4.17. The number of allylic oxidation sites excluding steroid dienone is 2. The Labute approximate surface area is 168 Å². The quantitative estimate of drug-likeness (QED) is 0.545. The van der Waals surface area contributed by atoms with Crippen LogP contribution in [0.25, 0.3) is 5.57 Å². The molecule has 4 heterocycles.